The summed E-state index contributed by atoms with van der Waals surface area (Å²) in [5.41, 5.74) is -0.845. The second-order valence-corrected chi connectivity index (χ2v) is 3.90. The molecule has 0 aliphatic carbocycles. The van der Waals surface area contributed by atoms with Crippen molar-refractivity contribution in [2.75, 3.05) is 0 Å². The van der Waals surface area contributed by atoms with Gasteiger partial charge in [0.2, 0.25) is 0 Å². The Morgan fingerprint density at radius 2 is 1.89 bits per heavy atom. The van der Waals surface area contributed by atoms with Gasteiger partial charge in [0.1, 0.15) is 5.82 Å². The van der Waals surface area contributed by atoms with Gasteiger partial charge < -0.3 is 5.11 Å². The van der Waals surface area contributed by atoms with E-state index in [2.05, 4.69) is 0 Å². The molecule has 0 saturated heterocycles. The molecule has 0 radical (unpaired) electrons. The number of aliphatic carboxylic acids is 1. The quantitative estimate of drug-likeness (QED) is 0.651. The molecule has 0 saturated carbocycles. The molecule has 0 atom stereocenters. The molecule has 0 bridgehead atoms. The first-order chi connectivity index (χ1) is 8.30. The predicted octanol–water partition coefficient (Wildman–Crippen LogP) is 3.64. The van der Waals surface area contributed by atoms with Crippen molar-refractivity contribution in [1.82, 2.24) is 0 Å². The van der Waals surface area contributed by atoms with E-state index < -0.39 is 23.5 Å². The van der Waals surface area contributed by atoms with Crippen LogP contribution in [0.5, 0.6) is 0 Å². The molecule has 0 fully saturated rings. The number of halogens is 4. The number of alkyl halides is 3. The minimum absolute atomic E-state index is 0.0255. The van der Waals surface area contributed by atoms with Gasteiger partial charge >= 0.3 is 12.1 Å². The van der Waals surface area contributed by atoms with Crippen LogP contribution in [0.3, 0.4) is 0 Å². The van der Waals surface area contributed by atoms with E-state index in [1.807, 2.05) is 0 Å². The van der Waals surface area contributed by atoms with Gasteiger partial charge in [0.05, 0.1) is 5.56 Å². The summed E-state index contributed by atoms with van der Waals surface area (Å²) >= 11 is 0. The van der Waals surface area contributed by atoms with Crippen LogP contribution in [-0.2, 0) is 17.4 Å². The van der Waals surface area contributed by atoms with Crippen molar-refractivity contribution in [3.63, 3.8) is 0 Å². The van der Waals surface area contributed by atoms with Crippen LogP contribution < -0.4 is 0 Å². The van der Waals surface area contributed by atoms with E-state index in [1.54, 1.807) is 0 Å². The first kappa shape index (κ1) is 14.5. The normalized spacial score (nSPS) is 11.6. The molecular weight excluding hydrogens is 252 g/mol. The maximum Gasteiger partial charge on any atom is 0.416 e. The molecule has 0 heterocycles. The fraction of sp³-hybridized carbons (Fsp3) is 0.417. The minimum atomic E-state index is -4.55. The summed E-state index contributed by atoms with van der Waals surface area (Å²) in [5, 5.41) is 8.39. The molecule has 1 aromatic carbocycles. The average molecular weight is 264 g/mol. The van der Waals surface area contributed by atoms with E-state index in [9.17, 15) is 22.4 Å². The lowest BCUT2D eigenvalue weighted by molar-refractivity contribution is -0.138. The van der Waals surface area contributed by atoms with Gasteiger partial charge in [0.25, 0.3) is 0 Å². The van der Waals surface area contributed by atoms with Gasteiger partial charge in [-0.25, -0.2) is 4.39 Å². The molecule has 1 aromatic rings. The van der Waals surface area contributed by atoms with Gasteiger partial charge in [-0.05, 0) is 37.0 Å². The predicted molar refractivity (Wildman–Crippen MR) is 56.6 cm³/mol. The Hall–Kier alpha value is -1.59. The highest BCUT2D eigenvalue weighted by Gasteiger charge is 2.31. The lowest BCUT2D eigenvalue weighted by Crippen LogP contribution is -2.06. The Balaban J connectivity index is 2.60. The molecular formula is C12H12F4O2. The van der Waals surface area contributed by atoms with Gasteiger partial charge in [-0.3, -0.25) is 4.79 Å². The number of unbranched alkanes of at least 4 members (excludes halogenated alkanes) is 1. The largest absolute Gasteiger partial charge is 0.481 e. The number of carboxylic acid groups (broad SMARTS) is 1. The van der Waals surface area contributed by atoms with Gasteiger partial charge in [-0.15, -0.1) is 0 Å². The fourth-order valence-corrected chi connectivity index (χ4v) is 1.52. The number of aryl methyl sites for hydroxylation is 1. The van der Waals surface area contributed by atoms with Crippen molar-refractivity contribution in [2.45, 2.75) is 31.9 Å². The zero-order chi connectivity index (χ0) is 13.8. The summed E-state index contributed by atoms with van der Waals surface area (Å²) in [6.07, 6.45) is -3.55. The summed E-state index contributed by atoms with van der Waals surface area (Å²) in [5.74, 6) is -1.84. The Morgan fingerprint density at radius 3 is 2.39 bits per heavy atom. The van der Waals surface area contributed by atoms with Crippen molar-refractivity contribution < 1.29 is 27.5 Å². The third kappa shape index (κ3) is 4.35. The third-order valence-corrected chi connectivity index (χ3v) is 2.47. The maximum atomic E-state index is 13.3. The van der Waals surface area contributed by atoms with Crippen LogP contribution in [0.25, 0.3) is 0 Å². The molecule has 0 unspecified atom stereocenters. The second kappa shape index (κ2) is 5.84. The van der Waals surface area contributed by atoms with Crippen LogP contribution in [0.4, 0.5) is 17.6 Å². The zero-order valence-corrected chi connectivity index (χ0v) is 9.43. The standard InChI is InChI=1S/C12H12F4O2/c13-10-7-9(12(14,15)16)6-5-8(10)3-1-2-4-11(17)18/h5-7H,1-4H2,(H,17,18). The fourth-order valence-electron chi connectivity index (χ4n) is 1.52. The molecule has 100 valence electrons. The van der Waals surface area contributed by atoms with Crippen molar-refractivity contribution in [3.05, 3.63) is 35.1 Å². The molecule has 2 nitrogen and oxygen atoms in total. The summed E-state index contributed by atoms with van der Waals surface area (Å²) in [6, 6.07) is 2.39. The van der Waals surface area contributed by atoms with E-state index in [1.165, 1.54) is 0 Å². The number of hydrogen-bond donors (Lipinski definition) is 1. The van der Waals surface area contributed by atoms with Crippen LogP contribution in [-0.4, -0.2) is 11.1 Å². The Labute approximate surface area is 101 Å². The number of benzene rings is 1. The first-order valence-electron chi connectivity index (χ1n) is 5.38. The van der Waals surface area contributed by atoms with Crippen molar-refractivity contribution in [3.8, 4) is 0 Å². The first-order valence-corrected chi connectivity index (χ1v) is 5.38. The molecule has 6 heteroatoms. The summed E-state index contributed by atoms with van der Waals surface area (Å²) in [6.45, 7) is 0. The molecule has 1 rings (SSSR count). The van der Waals surface area contributed by atoms with Crippen LogP contribution >= 0.6 is 0 Å². The molecule has 1 N–H and O–H groups in total. The van der Waals surface area contributed by atoms with Crippen molar-refractivity contribution in [2.24, 2.45) is 0 Å². The van der Waals surface area contributed by atoms with Crippen LogP contribution in [0.15, 0.2) is 18.2 Å². The van der Waals surface area contributed by atoms with Crippen molar-refractivity contribution >= 4 is 5.97 Å². The van der Waals surface area contributed by atoms with Crippen molar-refractivity contribution in [1.29, 1.82) is 0 Å². The molecule has 0 amide bonds. The maximum absolute atomic E-state index is 13.3. The van der Waals surface area contributed by atoms with Gasteiger partial charge in [0.15, 0.2) is 0 Å². The SMILES string of the molecule is O=C(O)CCCCc1ccc(C(F)(F)F)cc1F. The van der Waals surface area contributed by atoms with E-state index in [4.69, 9.17) is 5.11 Å². The summed E-state index contributed by atoms with van der Waals surface area (Å²) < 4.78 is 50.1. The topological polar surface area (TPSA) is 37.3 Å². The van der Waals surface area contributed by atoms with Crippen LogP contribution in [0, 0.1) is 5.82 Å². The number of carboxylic acids is 1. The second-order valence-electron chi connectivity index (χ2n) is 3.90. The number of rotatable bonds is 5. The summed E-state index contributed by atoms with van der Waals surface area (Å²) in [4.78, 5) is 10.2. The van der Waals surface area contributed by atoms with Crippen LogP contribution in [0.1, 0.15) is 30.4 Å². The van der Waals surface area contributed by atoms with E-state index in [0.717, 1.165) is 12.1 Å². The average Bonchev–Trinajstić information content (AvgIpc) is 2.24. The Kier molecular flexibility index (Phi) is 4.69. The van der Waals surface area contributed by atoms with E-state index in [-0.39, 0.29) is 18.4 Å². The number of carbonyl (C=O) groups is 1. The van der Waals surface area contributed by atoms with Gasteiger partial charge in [0, 0.05) is 6.42 Å². The lowest BCUT2D eigenvalue weighted by atomic mass is 10.0. The zero-order valence-electron chi connectivity index (χ0n) is 9.43. The molecule has 18 heavy (non-hydrogen) atoms. The monoisotopic (exact) mass is 264 g/mol. The number of hydrogen-bond acceptors (Lipinski definition) is 1. The highest BCUT2D eigenvalue weighted by Crippen LogP contribution is 2.30. The highest BCUT2D eigenvalue weighted by molar-refractivity contribution is 5.66. The minimum Gasteiger partial charge on any atom is -0.481 e. The highest BCUT2D eigenvalue weighted by atomic mass is 19.4. The van der Waals surface area contributed by atoms with E-state index in [0.29, 0.717) is 18.9 Å². The molecule has 0 aliphatic rings. The van der Waals surface area contributed by atoms with Gasteiger partial charge in [-0.1, -0.05) is 6.07 Å². The molecule has 0 spiro atoms. The summed E-state index contributed by atoms with van der Waals surface area (Å²) in [7, 11) is 0. The Morgan fingerprint density at radius 1 is 1.22 bits per heavy atom. The van der Waals surface area contributed by atoms with Crippen LogP contribution in [0.2, 0.25) is 0 Å². The lowest BCUT2D eigenvalue weighted by Gasteiger charge is -2.08. The smallest absolute Gasteiger partial charge is 0.416 e. The molecule has 0 aromatic heterocycles. The Bertz CT molecular complexity index is 427. The van der Waals surface area contributed by atoms with Gasteiger partial charge in [-0.2, -0.15) is 13.2 Å². The van der Waals surface area contributed by atoms with E-state index >= 15 is 0 Å². The molecule has 0 aliphatic heterocycles. The third-order valence-electron chi connectivity index (χ3n) is 2.47.